The molecule has 0 radical (unpaired) electrons. The number of thiazole rings is 1. The van der Waals surface area contributed by atoms with Crippen molar-refractivity contribution in [1.82, 2.24) is 9.88 Å². The first-order valence-electron chi connectivity index (χ1n) is 6.53. The summed E-state index contributed by atoms with van der Waals surface area (Å²) >= 11 is 1.71. The molecule has 1 aliphatic carbocycles. The number of aryl methyl sites for hydroxylation is 1. The Hall–Kier alpha value is -0.490. The summed E-state index contributed by atoms with van der Waals surface area (Å²) in [4.78, 5) is 6.86. The standard InChI is InChI=1S/C13H23N3OS/c1-4-17-12-5-13(6-12,9-14)16(3)7-11-8-18-10(2)15-11/h8,12H,4-7,9,14H2,1-3H3. The first-order chi connectivity index (χ1) is 8.59. The van der Waals surface area contributed by atoms with Crippen LogP contribution < -0.4 is 5.73 Å². The molecule has 0 atom stereocenters. The van der Waals surface area contributed by atoms with E-state index in [9.17, 15) is 0 Å². The van der Waals surface area contributed by atoms with E-state index in [-0.39, 0.29) is 5.54 Å². The van der Waals surface area contributed by atoms with E-state index in [1.165, 1.54) is 0 Å². The quantitative estimate of drug-likeness (QED) is 0.855. The average Bonchev–Trinajstić information content (AvgIpc) is 2.68. The van der Waals surface area contributed by atoms with Crippen molar-refractivity contribution in [3.8, 4) is 0 Å². The molecule has 4 nitrogen and oxygen atoms in total. The summed E-state index contributed by atoms with van der Waals surface area (Å²) in [6.07, 6.45) is 2.46. The van der Waals surface area contributed by atoms with Crippen LogP contribution in [0.2, 0.25) is 0 Å². The second kappa shape index (κ2) is 5.65. The predicted molar refractivity (Wildman–Crippen MR) is 74.8 cm³/mol. The molecule has 1 fully saturated rings. The minimum atomic E-state index is 0.108. The van der Waals surface area contributed by atoms with Crippen LogP contribution in [-0.2, 0) is 11.3 Å². The fourth-order valence-corrected chi connectivity index (χ4v) is 3.27. The minimum Gasteiger partial charge on any atom is -0.378 e. The van der Waals surface area contributed by atoms with E-state index in [1.807, 2.05) is 13.8 Å². The Kier molecular flexibility index (Phi) is 4.37. The molecule has 5 heteroatoms. The van der Waals surface area contributed by atoms with E-state index in [0.717, 1.165) is 36.7 Å². The summed E-state index contributed by atoms with van der Waals surface area (Å²) in [5.41, 5.74) is 7.23. The van der Waals surface area contributed by atoms with Crippen LogP contribution >= 0.6 is 11.3 Å². The number of rotatable bonds is 6. The van der Waals surface area contributed by atoms with Crippen LogP contribution in [-0.4, -0.2) is 41.7 Å². The third-order valence-corrected chi connectivity index (χ3v) is 4.70. The van der Waals surface area contributed by atoms with Gasteiger partial charge in [-0.2, -0.15) is 0 Å². The number of ether oxygens (including phenoxy) is 1. The molecular formula is C13H23N3OS. The molecular weight excluding hydrogens is 246 g/mol. The fraction of sp³-hybridized carbons (Fsp3) is 0.769. The number of hydrogen-bond donors (Lipinski definition) is 1. The normalized spacial score (nSPS) is 27.5. The Labute approximate surface area is 113 Å². The van der Waals surface area contributed by atoms with Crippen LogP contribution in [0.4, 0.5) is 0 Å². The van der Waals surface area contributed by atoms with Gasteiger partial charge in [-0.1, -0.05) is 0 Å². The molecule has 0 aromatic carbocycles. The van der Waals surface area contributed by atoms with Gasteiger partial charge in [0.05, 0.1) is 16.8 Å². The molecule has 0 amide bonds. The number of likely N-dealkylation sites (N-methyl/N-ethyl adjacent to an activating group) is 1. The fourth-order valence-electron chi connectivity index (χ4n) is 2.67. The predicted octanol–water partition coefficient (Wildman–Crippen LogP) is 1.78. The highest BCUT2D eigenvalue weighted by atomic mass is 32.1. The Bertz CT molecular complexity index is 387. The molecule has 1 aromatic heterocycles. The largest absolute Gasteiger partial charge is 0.378 e. The topological polar surface area (TPSA) is 51.4 Å². The number of hydrogen-bond acceptors (Lipinski definition) is 5. The van der Waals surface area contributed by atoms with Crippen molar-refractivity contribution < 1.29 is 4.74 Å². The maximum atomic E-state index is 5.97. The summed E-state index contributed by atoms with van der Waals surface area (Å²) in [6.45, 7) is 6.45. The van der Waals surface area contributed by atoms with E-state index in [4.69, 9.17) is 10.5 Å². The smallest absolute Gasteiger partial charge is 0.0897 e. The molecule has 1 aromatic rings. The average molecular weight is 269 g/mol. The van der Waals surface area contributed by atoms with Crippen LogP contribution in [0, 0.1) is 6.92 Å². The molecule has 0 aliphatic heterocycles. The van der Waals surface area contributed by atoms with Gasteiger partial charge in [0.2, 0.25) is 0 Å². The van der Waals surface area contributed by atoms with Gasteiger partial charge in [0.15, 0.2) is 0 Å². The zero-order valence-electron chi connectivity index (χ0n) is 11.5. The van der Waals surface area contributed by atoms with Crippen molar-refractivity contribution in [3.05, 3.63) is 16.1 Å². The molecule has 1 saturated carbocycles. The maximum Gasteiger partial charge on any atom is 0.0897 e. The van der Waals surface area contributed by atoms with Gasteiger partial charge in [0.1, 0.15) is 0 Å². The summed E-state index contributed by atoms with van der Waals surface area (Å²) in [5, 5.41) is 3.26. The zero-order valence-corrected chi connectivity index (χ0v) is 12.3. The van der Waals surface area contributed by atoms with Gasteiger partial charge in [0, 0.05) is 30.6 Å². The van der Waals surface area contributed by atoms with E-state index >= 15 is 0 Å². The molecule has 0 saturated heterocycles. The van der Waals surface area contributed by atoms with Gasteiger partial charge in [-0.25, -0.2) is 4.98 Å². The van der Waals surface area contributed by atoms with Gasteiger partial charge in [0.25, 0.3) is 0 Å². The lowest BCUT2D eigenvalue weighted by Crippen LogP contribution is -2.62. The van der Waals surface area contributed by atoms with Crippen LogP contribution in [0.3, 0.4) is 0 Å². The second-order valence-electron chi connectivity index (χ2n) is 5.13. The lowest BCUT2D eigenvalue weighted by Gasteiger charge is -2.52. The molecule has 2 rings (SSSR count). The van der Waals surface area contributed by atoms with Gasteiger partial charge in [-0.05, 0) is 33.7 Å². The highest BCUT2D eigenvalue weighted by molar-refractivity contribution is 7.09. The van der Waals surface area contributed by atoms with Crippen LogP contribution in [0.15, 0.2) is 5.38 Å². The van der Waals surface area contributed by atoms with Crippen molar-refractivity contribution in [2.45, 2.75) is 44.9 Å². The minimum absolute atomic E-state index is 0.108. The molecule has 1 aliphatic rings. The van der Waals surface area contributed by atoms with E-state index in [2.05, 4.69) is 22.3 Å². The number of nitrogens with two attached hydrogens (primary N) is 1. The highest BCUT2D eigenvalue weighted by Gasteiger charge is 2.46. The third-order valence-electron chi connectivity index (χ3n) is 3.87. The monoisotopic (exact) mass is 269 g/mol. The molecule has 0 bridgehead atoms. The molecule has 0 spiro atoms. The Morgan fingerprint density at radius 2 is 2.33 bits per heavy atom. The van der Waals surface area contributed by atoms with E-state index in [1.54, 1.807) is 11.3 Å². The number of aromatic nitrogens is 1. The summed E-state index contributed by atoms with van der Waals surface area (Å²) in [7, 11) is 2.14. The van der Waals surface area contributed by atoms with E-state index < -0.39 is 0 Å². The Balaban J connectivity index is 1.93. The van der Waals surface area contributed by atoms with Gasteiger partial charge >= 0.3 is 0 Å². The third kappa shape index (κ3) is 2.74. The Morgan fingerprint density at radius 3 is 2.83 bits per heavy atom. The first-order valence-corrected chi connectivity index (χ1v) is 7.41. The molecule has 18 heavy (non-hydrogen) atoms. The van der Waals surface area contributed by atoms with Crippen LogP contribution in [0.5, 0.6) is 0 Å². The molecule has 0 unspecified atom stereocenters. The maximum absolute atomic E-state index is 5.97. The number of nitrogens with zero attached hydrogens (tertiary/aromatic N) is 2. The van der Waals surface area contributed by atoms with Crippen molar-refractivity contribution in [3.63, 3.8) is 0 Å². The molecule has 2 N–H and O–H groups in total. The van der Waals surface area contributed by atoms with Crippen molar-refractivity contribution in [2.75, 3.05) is 20.2 Å². The SMILES string of the molecule is CCOC1CC(CN)(N(C)Cc2csc(C)n2)C1. The lowest BCUT2D eigenvalue weighted by atomic mass is 9.73. The summed E-state index contributed by atoms with van der Waals surface area (Å²) < 4.78 is 5.64. The van der Waals surface area contributed by atoms with Gasteiger partial charge in [-0.3, -0.25) is 4.90 Å². The lowest BCUT2D eigenvalue weighted by molar-refractivity contribution is -0.0950. The summed E-state index contributed by atoms with van der Waals surface area (Å²) in [5.74, 6) is 0. The van der Waals surface area contributed by atoms with Gasteiger partial charge in [-0.15, -0.1) is 11.3 Å². The van der Waals surface area contributed by atoms with Crippen LogP contribution in [0.1, 0.15) is 30.5 Å². The van der Waals surface area contributed by atoms with Gasteiger partial charge < -0.3 is 10.5 Å². The zero-order chi connectivity index (χ0) is 13.2. The highest BCUT2D eigenvalue weighted by Crippen LogP contribution is 2.39. The van der Waals surface area contributed by atoms with Crippen molar-refractivity contribution in [1.29, 1.82) is 0 Å². The molecule has 1 heterocycles. The van der Waals surface area contributed by atoms with Crippen molar-refractivity contribution >= 4 is 11.3 Å². The molecule has 102 valence electrons. The summed E-state index contributed by atoms with van der Waals surface area (Å²) in [6, 6.07) is 0. The van der Waals surface area contributed by atoms with Crippen LogP contribution in [0.25, 0.3) is 0 Å². The van der Waals surface area contributed by atoms with E-state index in [0.29, 0.717) is 12.6 Å². The Morgan fingerprint density at radius 1 is 1.61 bits per heavy atom. The first kappa shape index (κ1) is 13.9. The van der Waals surface area contributed by atoms with Crippen molar-refractivity contribution in [2.24, 2.45) is 5.73 Å². The second-order valence-corrected chi connectivity index (χ2v) is 6.19.